The molecule has 0 saturated heterocycles. The molecule has 0 bridgehead atoms. The summed E-state index contributed by atoms with van der Waals surface area (Å²) in [6.45, 7) is 2.02. The second kappa shape index (κ2) is 8.18. The lowest BCUT2D eigenvalue weighted by Gasteiger charge is -2.11. The molecular weight excluding hydrogens is 436 g/mol. The van der Waals surface area contributed by atoms with Crippen molar-refractivity contribution in [3.05, 3.63) is 48.3 Å². The lowest BCUT2D eigenvalue weighted by atomic mass is 9.95. The lowest BCUT2D eigenvalue weighted by molar-refractivity contribution is -0.385. The van der Waals surface area contributed by atoms with Gasteiger partial charge in [-0.1, -0.05) is 0 Å². The number of carbonyl (C=O) groups excluding carboxylic acids is 1. The van der Waals surface area contributed by atoms with Crippen LogP contribution >= 0.6 is 27.3 Å². The molecule has 9 heteroatoms. The van der Waals surface area contributed by atoms with E-state index in [0.29, 0.717) is 10.6 Å². The van der Waals surface area contributed by atoms with Crippen LogP contribution in [0.25, 0.3) is 0 Å². The minimum atomic E-state index is -0.546. The van der Waals surface area contributed by atoms with E-state index >= 15 is 0 Å². The molecule has 1 aliphatic carbocycles. The number of carbonyl (C=O) groups is 1. The van der Waals surface area contributed by atoms with Gasteiger partial charge in [-0.2, -0.15) is 0 Å². The molecule has 1 heterocycles. The standard InChI is InChI=1S/C18H17BrN2O5S/c1-2-26-18(23)15-12-5-3-4-6-14(12)27-17(15)20-9-10-7-11(21(24)25)8-13(19)16(10)22/h7-9,22H,2-6H2,1H3. The number of rotatable bonds is 5. The van der Waals surface area contributed by atoms with E-state index in [-0.39, 0.29) is 28.1 Å². The van der Waals surface area contributed by atoms with Crippen LogP contribution in [0.1, 0.15) is 46.1 Å². The quantitative estimate of drug-likeness (QED) is 0.299. The number of halogens is 1. The van der Waals surface area contributed by atoms with Crippen molar-refractivity contribution in [2.45, 2.75) is 32.6 Å². The Morgan fingerprint density at radius 3 is 2.89 bits per heavy atom. The van der Waals surface area contributed by atoms with Crippen LogP contribution in [-0.4, -0.2) is 28.8 Å². The number of ether oxygens (including phenoxy) is 1. The van der Waals surface area contributed by atoms with E-state index in [9.17, 15) is 20.0 Å². The van der Waals surface area contributed by atoms with Crippen molar-refractivity contribution >= 4 is 50.1 Å². The second-order valence-electron chi connectivity index (χ2n) is 5.99. The van der Waals surface area contributed by atoms with Gasteiger partial charge in [-0.3, -0.25) is 10.1 Å². The molecule has 0 amide bonds. The molecule has 0 radical (unpaired) electrons. The van der Waals surface area contributed by atoms with Crippen LogP contribution in [0.3, 0.4) is 0 Å². The Hall–Kier alpha value is -2.26. The molecule has 1 aromatic heterocycles. The topological polar surface area (TPSA) is 102 Å². The van der Waals surface area contributed by atoms with E-state index in [4.69, 9.17) is 4.74 Å². The number of hydrogen-bond acceptors (Lipinski definition) is 7. The number of nitro benzene ring substituents is 1. The molecule has 3 rings (SSSR count). The summed E-state index contributed by atoms with van der Waals surface area (Å²) in [6, 6.07) is 2.46. The summed E-state index contributed by atoms with van der Waals surface area (Å²) >= 11 is 4.54. The molecule has 1 N–H and O–H groups in total. The molecule has 0 saturated carbocycles. The molecule has 0 spiro atoms. The fourth-order valence-corrected chi connectivity index (χ4v) is 4.68. The van der Waals surface area contributed by atoms with Crippen LogP contribution < -0.4 is 0 Å². The van der Waals surface area contributed by atoms with Gasteiger partial charge in [0, 0.05) is 28.8 Å². The minimum Gasteiger partial charge on any atom is -0.506 e. The average molecular weight is 453 g/mol. The van der Waals surface area contributed by atoms with Crippen molar-refractivity contribution in [1.29, 1.82) is 0 Å². The Kier molecular flexibility index (Phi) is 5.91. The van der Waals surface area contributed by atoms with Gasteiger partial charge in [-0.05, 0) is 54.1 Å². The summed E-state index contributed by atoms with van der Waals surface area (Å²) in [5.74, 6) is -0.558. The van der Waals surface area contributed by atoms with Gasteiger partial charge in [0.05, 0.1) is 21.6 Å². The fraction of sp³-hybridized carbons (Fsp3) is 0.333. The first-order chi connectivity index (χ1) is 12.9. The Morgan fingerprint density at radius 2 is 2.19 bits per heavy atom. The predicted octanol–water partition coefficient (Wildman–Crippen LogP) is 4.93. The molecule has 0 fully saturated rings. The summed E-state index contributed by atoms with van der Waals surface area (Å²) in [5, 5.41) is 21.7. The summed E-state index contributed by atoms with van der Waals surface area (Å²) in [4.78, 5) is 28.4. The Balaban J connectivity index is 2.04. The zero-order chi connectivity index (χ0) is 19.6. The first kappa shape index (κ1) is 19.5. The number of aliphatic imine (C=N–C) groups is 1. The number of aryl methyl sites for hydroxylation is 1. The van der Waals surface area contributed by atoms with Crippen molar-refractivity contribution in [2.24, 2.45) is 4.99 Å². The Morgan fingerprint density at radius 1 is 1.44 bits per heavy atom. The third-order valence-corrected chi connectivity index (χ3v) is 6.05. The highest BCUT2D eigenvalue weighted by Gasteiger charge is 2.26. The van der Waals surface area contributed by atoms with Gasteiger partial charge in [0.2, 0.25) is 0 Å². The molecule has 7 nitrogen and oxygen atoms in total. The maximum atomic E-state index is 12.4. The van der Waals surface area contributed by atoms with E-state index in [1.54, 1.807) is 6.92 Å². The monoisotopic (exact) mass is 452 g/mol. The molecule has 0 unspecified atom stereocenters. The number of nitrogens with zero attached hydrogens (tertiary/aromatic N) is 2. The number of hydrogen-bond donors (Lipinski definition) is 1. The van der Waals surface area contributed by atoms with Crippen molar-refractivity contribution in [1.82, 2.24) is 0 Å². The van der Waals surface area contributed by atoms with Gasteiger partial charge in [-0.15, -0.1) is 11.3 Å². The number of phenols is 1. The van der Waals surface area contributed by atoms with E-state index in [2.05, 4.69) is 20.9 Å². The number of thiophene rings is 1. The highest BCUT2D eigenvalue weighted by Crippen LogP contribution is 2.40. The number of non-ortho nitro benzene ring substituents is 1. The maximum Gasteiger partial charge on any atom is 0.341 e. The van der Waals surface area contributed by atoms with E-state index < -0.39 is 10.9 Å². The largest absolute Gasteiger partial charge is 0.506 e. The maximum absolute atomic E-state index is 12.4. The van der Waals surface area contributed by atoms with Crippen molar-refractivity contribution in [3.63, 3.8) is 0 Å². The van der Waals surface area contributed by atoms with Gasteiger partial charge in [0.1, 0.15) is 10.8 Å². The number of aromatic hydroxyl groups is 1. The molecule has 1 aliphatic rings. The van der Waals surface area contributed by atoms with E-state index in [1.807, 2.05) is 0 Å². The third kappa shape index (κ3) is 4.03. The highest BCUT2D eigenvalue weighted by atomic mass is 79.9. The summed E-state index contributed by atoms with van der Waals surface area (Å²) in [7, 11) is 0. The number of benzene rings is 1. The first-order valence-corrected chi connectivity index (χ1v) is 10.1. The van der Waals surface area contributed by atoms with Crippen LogP contribution in [0.15, 0.2) is 21.6 Å². The van der Waals surface area contributed by atoms with Crippen LogP contribution in [0, 0.1) is 10.1 Å². The number of nitro groups is 1. The average Bonchev–Trinajstić information content (AvgIpc) is 3.01. The zero-order valence-corrected chi connectivity index (χ0v) is 16.9. The molecule has 142 valence electrons. The van der Waals surface area contributed by atoms with E-state index in [0.717, 1.165) is 36.1 Å². The molecule has 27 heavy (non-hydrogen) atoms. The summed E-state index contributed by atoms with van der Waals surface area (Å²) in [6.07, 6.45) is 5.13. The number of phenolic OH excluding ortho intramolecular Hbond substituents is 1. The SMILES string of the molecule is CCOC(=O)c1c(N=Cc2cc([N+](=O)[O-])cc(Br)c2O)sc2c1CCCC2. The number of fused-ring (bicyclic) bond motifs is 1. The van der Waals surface area contributed by atoms with Crippen molar-refractivity contribution in [3.8, 4) is 5.75 Å². The van der Waals surface area contributed by atoms with Crippen molar-refractivity contribution < 1.29 is 19.6 Å². The van der Waals surface area contributed by atoms with Gasteiger partial charge >= 0.3 is 5.97 Å². The van der Waals surface area contributed by atoms with Crippen molar-refractivity contribution in [2.75, 3.05) is 6.61 Å². The van der Waals surface area contributed by atoms with Gasteiger partial charge in [0.25, 0.3) is 5.69 Å². The zero-order valence-electron chi connectivity index (χ0n) is 14.5. The molecule has 1 aromatic carbocycles. The molecule has 0 aliphatic heterocycles. The normalized spacial score (nSPS) is 13.6. The highest BCUT2D eigenvalue weighted by molar-refractivity contribution is 9.10. The van der Waals surface area contributed by atoms with Gasteiger partial charge in [0.15, 0.2) is 0 Å². The molecule has 0 atom stereocenters. The molecule has 2 aromatic rings. The summed E-state index contributed by atoms with van der Waals surface area (Å²) < 4.78 is 5.39. The summed E-state index contributed by atoms with van der Waals surface area (Å²) in [5.41, 5.74) is 1.48. The minimum absolute atomic E-state index is 0.150. The van der Waals surface area contributed by atoms with E-state index in [1.165, 1.54) is 29.7 Å². The fourth-order valence-electron chi connectivity index (χ4n) is 2.99. The third-order valence-electron chi connectivity index (χ3n) is 4.24. The first-order valence-electron chi connectivity index (χ1n) is 8.45. The smallest absolute Gasteiger partial charge is 0.341 e. The van der Waals surface area contributed by atoms with Crippen LogP contribution in [-0.2, 0) is 17.6 Å². The van der Waals surface area contributed by atoms with Crippen LogP contribution in [0.5, 0.6) is 5.75 Å². The van der Waals surface area contributed by atoms with Gasteiger partial charge in [-0.25, -0.2) is 9.79 Å². The van der Waals surface area contributed by atoms with Gasteiger partial charge < -0.3 is 9.84 Å². The predicted molar refractivity (Wildman–Crippen MR) is 107 cm³/mol. The van der Waals surface area contributed by atoms with Crippen LogP contribution in [0.2, 0.25) is 0 Å². The lowest BCUT2D eigenvalue weighted by Crippen LogP contribution is -2.09. The second-order valence-corrected chi connectivity index (χ2v) is 7.93. The molecular formula is C18H17BrN2O5S. The Labute approximate surface area is 168 Å². The number of esters is 1. The van der Waals surface area contributed by atoms with Crippen LogP contribution in [0.4, 0.5) is 10.7 Å². The Bertz CT molecular complexity index is 938.